The molecule has 0 aromatic heterocycles. The standard InChI is InChI=1S/C18H25N3O3/c1-3-18(24)20(2)13-17(23)19-12-16(21-9-4-5-10-21)14-7-6-8-15(22)11-14/h3,6-8,11,16,22H,1,4-5,9-10,12-13H2,2H3,(H,19,23). The van der Waals surface area contributed by atoms with E-state index in [1.54, 1.807) is 19.2 Å². The number of amides is 2. The van der Waals surface area contributed by atoms with E-state index >= 15 is 0 Å². The van der Waals surface area contributed by atoms with Crippen LogP contribution in [0.5, 0.6) is 5.75 Å². The molecule has 1 aliphatic heterocycles. The number of hydrogen-bond donors (Lipinski definition) is 2. The molecule has 1 saturated heterocycles. The first-order valence-electron chi connectivity index (χ1n) is 8.18. The molecule has 1 atom stereocenters. The summed E-state index contributed by atoms with van der Waals surface area (Å²) in [6.45, 7) is 5.81. The lowest BCUT2D eigenvalue weighted by Crippen LogP contribution is -2.41. The van der Waals surface area contributed by atoms with E-state index in [2.05, 4.69) is 16.8 Å². The first kappa shape index (κ1) is 18.0. The van der Waals surface area contributed by atoms with Crippen molar-refractivity contribution in [2.24, 2.45) is 0 Å². The minimum absolute atomic E-state index is 0.00237. The largest absolute Gasteiger partial charge is 0.508 e. The first-order valence-corrected chi connectivity index (χ1v) is 8.18. The smallest absolute Gasteiger partial charge is 0.246 e. The molecule has 1 fully saturated rings. The summed E-state index contributed by atoms with van der Waals surface area (Å²) in [5.74, 6) is -0.273. The van der Waals surface area contributed by atoms with E-state index < -0.39 is 0 Å². The lowest BCUT2D eigenvalue weighted by atomic mass is 10.1. The van der Waals surface area contributed by atoms with Crippen molar-refractivity contribution < 1.29 is 14.7 Å². The van der Waals surface area contributed by atoms with Crippen molar-refractivity contribution in [1.29, 1.82) is 0 Å². The molecule has 0 spiro atoms. The number of aromatic hydroxyl groups is 1. The van der Waals surface area contributed by atoms with Crippen molar-refractivity contribution in [3.05, 3.63) is 42.5 Å². The van der Waals surface area contributed by atoms with Crippen molar-refractivity contribution in [3.63, 3.8) is 0 Å². The highest BCUT2D eigenvalue weighted by Crippen LogP contribution is 2.26. The molecule has 0 bridgehead atoms. The van der Waals surface area contributed by atoms with Crippen LogP contribution in [0.25, 0.3) is 0 Å². The van der Waals surface area contributed by atoms with Crippen LogP contribution in [0.15, 0.2) is 36.9 Å². The molecule has 1 aromatic carbocycles. The lowest BCUT2D eigenvalue weighted by molar-refractivity contribution is -0.131. The molecule has 130 valence electrons. The maximum absolute atomic E-state index is 12.1. The summed E-state index contributed by atoms with van der Waals surface area (Å²) in [5.41, 5.74) is 0.979. The average Bonchev–Trinajstić information content (AvgIpc) is 3.08. The third-order valence-corrected chi connectivity index (χ3v) is 4.26. The fourth-order valence-electron chi connectivity index (χ4n) is 2.96. The van der Waals surface area contributed by atoms with Crippen LogP contribution >= 0.6 is 0 Å². The minimum atomic E-state index is -0.283. The number of phenols is 1. The van der Waals surface area contributed by atoms with E-state index in [1.807, 2.05) is 12.1 Å². The molecule has 0 radical (unpaired) electrons. The number of likely N-dealkylation sites (tertiary alicyclic amines) is 1. The van der Waals surface area contributed by atoms with Crippen molar-refractivity contribution in [2.75, 3.05) is 33.2 Å². The van der Waals surface area contributed by atoms with Gasteiger partial charge in [-0.2, -0.15) is 0 Å². The number of carbonyl (C=O) groups excluding carboxylic acids is 2. The summed E-state index contributed by atoms with van der Waals surface area (Å²) in [5, 5.41) is 12.6. The Kier molecular flexibility index (Phi) is 6.37. The Morgan fingerprint density at radius 1 is 1.42 bits per heavy atom. The molecule has 24 heavy (non-hydrogen) atoms. The number of carbonyl (C=O) groups is 2. The van der Waals surface area contributed by atoms with E-state index in [9.17, 15) is 14.7 Å². The molecule has 2 amide bonds. The summed E-state index contributed by atoms with van der Waals surface area (Å²) in [7, 11) is 1.57. The third kappa shape index (κ3) is 4.83. The van der Waals surface area contributed by atoms with Crippen LogP contribution in [0.4, 0.5) is 0 Å². The van der Waals surface area contributed by atoms with Gasteiger partial charge in [-0.15, -0.1) is 0 Å². The molecule has 2 N–H and O–H groups in total. The molecule has 1 unspecified atom stereocenters. The molecule has 0 aliphatic carbocycles. The molecule has 1 heterocycles. The van der Waals surface area contributed by atoms with Gasteiger partial charge in [0.1, 0.15) is 5.75 Å². The highest BCUT2D eigenvalue weighted by atomic mass is 16.3. The summed E-state index contributed by atoms with van der Waals surface area (Å²) < 4.78 is 0. The molecule has 6 nitrogen and oxygen atoms in total. The molecule has 2 rings (SSSR count). The van der Waals surface area contributed by atoms with Gasteiger partial charge in [0.05, 0.1) is 12.6 Å². The lowest BCUT2D eigenvalue weighted by Gasteiger charge is -2.28. The maximum Gasteiger partial charge on any atom is 0.246 e. The SMILES string of the molecule is C=CC(=O)N(C)CC(=O)NCC(c1cccc(O)c1)N1CCCC1. The summed E-state index contributed by atoms with van der Waals surface area (Å²) in [6.07, 6.45) is 3.47. The highest BCUT2D eigenvalue weighted by Gasteiger charge is 2.24. The van der Waals surface area contributed by atoms with Crippen LogP contribution in [0.2, 0.25) is 0 Å². The summed E-state index contributed by atoms with van der Waals surface area (Å²) >= 11 is 0. The fraction of sp³-hybridized carbons (Fsp3) is 0.444. The van der Waals surface area contributed by atoms with Gasteiger partial charge >= 0.3 is 0 Å². The Bertz CT molecular complexity index is 597. The monoisotopic (exact) mass is 331 g/mol. The number of nitrogens with one attached hydrogen (secondary N) is 1. The second-order valence-corrected chi connectivity index (χ2v) is 6.06. The molecular formula is C18H25N3O3. The Morgan fingerprint density at radius 3 is 2.75 bits per heavy atom. The number of nitrogens with zero attached hydrogens (tertiary/aromatic N) is 2. The van der Waals surface area contributed by atoms with Gasteiger partial charge in [-0.25, -0.2) is 0 Å². The fourth-order valence-corrected chi connectivity index (χ4v) is 2.96. The zero-order chi connectivity index (χ0) is 17.5. The van der Waals surface area contributed by atoms with Crippen LogP contribution in [0.1, 0.15) is 24.4 Å². The summed E-state index contributed by atoms with van der Waals surface area (Å²) in [4.78, 5) is 27.2. The van der Waals surface area contributed by atoms with E-state index in [0.29, 0.717) is 6.54 Å². The molecule has 1 aliphatic rings. The molecular weight excluding hydrogens is 306 g/mol. The zero-order valence-corrected chi connectivity index (χ0v) is 14.1. The molecule has 1 aromatic rings. The Balaban J connectivity index is 1.99. The van der Waals surface area contributed by atoms with Crippen molar-refractivity contribution in [3.8, 4) is 5.75 Å². The topological polar surface area (TPSA) is 72.9 Å². The molecule has 0 saturated carbocycles. The summed E-state index contributed by atoms with van der Waals surface area (Å²) in [6, 6.07) is 7.17. The normalized spacial score (nSPS) is 15.7. The zero-order valence-electron chi connectivity index (χ0n) is 14.1. The van der Waals surface area contributed by atoms with E-state index in [4.69, 9.17) is 0 Å². The third-order valence-electron chi connectivity index (χ3n) is 4.26. The Morgan fingerprint density at radius 2 is 2.12 bits per heavy atom. The number of rotatable bonds is 7. The average molecular weight is 331 g/mol. The highest BCUT2D eigenvalue weighted by molar-refractivity contribution is 5.90. The van der Waals surface area contributed by atoms with Gasteiger partial charge in [0, 0.05) is 13.6 Å². The van der Waals surface area contributed by atoms with Gasteiger partial charge in [-0.1, -0.05) is 18.7 Å². The van der Waals surface area contributed by atoms with Crippen LogP contribution in [-0.4, -0.2) is 59.9 Å². The number of benzene rings is 1. The van der Waals surface area contributed by atoms with Crippen LogP contribution in [0, 0.1) is 0 Å². The van der Waals surface area contributed by atoms with Gasteiger partial charge in [0.2, 0.25) is 11.8 Å². The second-order valence-electron chi connectivity index (χ2n) is 6.06. The minimum Gasteiger partial charge on any atom is -0.508 e. The quantitative estimate of drug-likeness (QED) is 0.739. The number of hydrogen-bond acceptors (Lipinski definition) is 4. The number of likely N-dealkylation sites (N-methyl/N-ethyl adjacent to an activating group) is 1. The Labute approximate surface area is 142 Å². The van der Waals surface area contributed by atoms with Crippen molar-refractivity contribution >= 4 is 11.8 Å². The number of phenolic OH excluding ortho intramolecular Hbond substituents is 1. The van der Waals surface area contributed by atoms with Gasteiger partial charge in [-0.3, -0.25) is 14.5 Å². The van der Waals surface area contributed by atoms with E-state index in [0.717, 1.165) is 31.5 Å². The second kappa shape index (κ2) is 8.49. The predicted molar refractivity (Wildman–Crippen MR) is 92.5 cm³/mol. The van der Waals surface area contributed by atoms with Crippen LogP contribution in [-0.2, 0) is 9.59 Å². The Hall–Kier alpha value is -2.34. The maximum atomic E-state index is 12.1. The van der Waals surface area contributed by atoms with Gasteiger partial charge in [0.15, 0.2) is 0 Å². The molecule has 6 heteroatoms. The van der Waals surface area contributed by atoms with Gasteiger partial charge < -0.3 is 15.3 Å². The van der Waals surface area contributed by atoms with Crippen LogP contribution < -0.4 is 5.32 Å². The first-order chi connectivity index (χ1) is 11.5. The van der Waals surface area contributed by atoms with E-state index in [-0.39, 0.29) is 30.2 Å². The van der Waals surface area contributed by atoms with Crippen molar-refractivity contribution in [1.82, 2.24) is 15.1 Å². The van der Waals surface area contributed by atoms with Crippen LogP contribution in [0.3, 0.4) is 0 Å². The van der Waals surface area contributed by atoms with Gasteiger partial charge in [-0.05, 0) is 49.7 Å². The van der Waals surface area contributed by atoms with Gasteiger partial charge in [0.25, 0.3) is 0 Å². The van der Waals surface area contributed by atoms with Crippen molar-refractivity contribution in [2.45, 2.75) is 18.9 Å². The van der Waals surface area contributed by atoms with E-state index in [1.165, 1.54) is 11.0 Å². The predicted octanol–water partition coefficient (Wildman–Crippen LogP) is 1.29.